The Hall–Kier alpha value is -1.55. The van der Waals surface area contributed by atoms with Gasteiger partial charge in [0.25, 0.3) is 5.91 Å². The van der Waals surface area contributed by atoms with Crippen molar-refractivity contribution in [2.24, 2.45) is 0 Å². The van der Waals surface area contributed by atoms with Crippen LogP contribution < -0.4 is 5.32 Å². The van der Waals surface area contributed by atoms with Gasteiger partial charge >= 0.3 is 0 Å². The molecule has 0 saturated heterocycles. The lowest BCUT2D eigenvalue weighted by atomic mass is 10.3. The number of benzene rings is 1. The summed E-state index contributed by atoms with van der Waals surface area (Å²) in [5.74, 6) is 0.504. The number of amides is 1. The van der Waals surface area contributed by atoms with E-state index in [-0.39, 0.29) is 5.91 Å². The van der Waals surface area contributed by atoms with Gasteiger partial charge in [-0.2, -0.15) is 0 Å². The van der Waals surface area contributed by atoms with Crippen molar-refractivity contribution in [3.05, 3.63) is 42.2 Å². The molecule has 0 heterocycles. The van der Waals surface area contributed by atoms with Crippen LogP contribution in [0.4, 0.5) is 5.69 Å². The van der Waals surface area contributed by atoms with Crippen LogP contribution in [-0.2, 0) is 9.22 Å². The second-order valence-corrected chi connectivity index (χ2v) is 9.25. The molecule has 1 aromatic rings. The predicted molar refractivity (Wildman–Crippen MR) is 73.3 cm³/mol. The Bertz CT molecular complexity index is 407. The van der Waals surface area contributed by atoms with Crippen LogP contribution in [0.25, 0.3) is 0 Å². The number of hydrogen-bond donors (Lipinski definition) is 1. The minimum atomic E-state index is -1.63. The smallest absolute Gasteiger partial charge is 0.251 e. The van der Waals surface area contributed by atoms with Gasteiger partial charge in [0.15, 0.2) is 0 Å². The summed E-state index contributed by atoms with van der Waals surface area (Å²) in [5.41, 5.74) is 0.787. The summed E-state index contributed by atoms with van der Waals surface area (Å²) in [4.78, 5) is 11.7. The number of anilines is 1. The fourth-order valence-electron chi connectivity index (χ4n) is 1.40. The lowest BCUT2D eigenvalue weighted by Crippen LogP contribution is -2.24. The SMILES string of the molecule is C/C(=C\C(=O)Nc1ccccc1)O[Si](C)(C)C. The predicted octanol–water partition coefficient (Wildman–Crippen LogP) is 3.38. The standard InChI is InChI=1S/C13H19NO2Si/c1-11(16-17(2,3)4)10-13(15)14-12-8-6-5-7-9-12/h5-10H,1-4H3,(H,14,15)/b11-10+. The van der Waals surface area contributed by atoms with Crippen LogP contribution >= 0.6 is 0 Å². The van der Waals surface area contributed by atoms with E-state index in [2.05, 4.69) is 25.0 Å². The third kappa shape index (κ3) is 5.92. The molecule has 0 aromatic heterocycles. The summed E-state index contributed by atoms with van der Waals surface area (Å²) in [5, 5.41) is 2.78. The van der Waals surface area contributed by atoms with Gasteiger partial charge in [-0.15, -0.1) is 0 Å². The highest BCUT2D eigenvalue weighted by Crippen LogP contribution is 2.10. The van der Waals surface area contributed by atoms with E-state index in [0.29, 0.717) is 5.76 Å². The normalized spacial score (nSPS) is 12.1. The number of carbonyl (C=O) groups is 1. The van der Waals surface area contributed by atoms with Crippen LogP contribution in [0.1, 0.15) is 6.92 Å². The molecule has 1 aromatic carbocycles. The van der Waals surface area contributed by atoms with Crippen molar-refractivity contribution in [3.8, 4) is 0 Å². The number of para-hydroxylation sites is 1. The Kier molecular flexibility index (Phi) is 4.51. The zero-order valence-electron chi connectivity index (χ0n) is 10.8. The van der Waals surface area contributed by atoms with Gasteiger partial charge in [0, 0.05) is 11.8 Å². The molecule has 0 spiro atoms. The molecule has 17 heavy (non-hydrogen) atoms. The summed E-state index contributed by atoms with van der Waals surface area (Å²) in [6.07, 6.45) is 1.49. The van der Waals surface area contributed by atoms with Gasteiger partial charge in [0.2, 0.25) is 8.32 Å². The molecular formula is C13H19NO2Si. The molecule has 0 saturated carbocycles. The molecule has 92 valence electrons. The topological polar surface area (TPSA) is 38.3 Å². The van der Waals surface area contributed by atoms with Gasteiger partial charge in [-0.3, -0.25) is 4.79 Å². The molecule has 4 heteroatoms. The molecular weight excluding hydrogens is 230 g/mol. The number of rotatable bonds is 4. The average Bonchev–Trinajstić information content (AvgIpc) is 2.15. The van der Waals surface area contributed by atoms with E-state index < -0.39 is 8.32 Å². The molecule has 0 aliphatic rings. The van der Waals surface area contributed by atoms with Crippen molar-refractivity contribution in [1.29, 1.82) is 0 Å². The highest BCUT2D eigenvalue weighted by molar-refractivity contribution is 6.70. The third-order valence-electron chi connectivity index (χ3n) is 1.84. The first kappa shape index (κ1) is 13.5. The molecule has 0 radical (unpaired) electrons. The Labute approximate surface area is 104 Å². The monoisotopic (exact) mass is 249 g/mol. The maximum atomic E-state index is 11.7. The highest BCUT2D eigenvalue weighted by Gasteiger charge is 2.16. The van der Waals surface area contributed by atoms with Crippen molar-refractivity contribution < 1.29 is 9.22 Å². The second kappa shape index (κ2) is 5.68. The summed E-state index contributed by atoms with van der Waals surface area (Å²) in [6.45, 7) is 8.06. The van der Waals surface area contributed by atoms with Crippen LogP contribution in [0.15, 0.2) is 42.2 Å². The van der Waals surface area contributed by atoms with Crippen LogP contribution in [0.2, 0.25) is 19.6 Å². The average molecular weight is 249 g/mol. The maximum Gasteiger partial charge on any atom is 0.251 e. The molecule has 0 atom stereocenters. The number of hydrogen-bond acceptors (Lipinski definition) is 2. The van der Waals surface area contributed by atoms with Crippen molar-refractivity contribution in [2.45, 2.75) is 26.6 Å². The number of carbonyl (C=O) groups excluding carboxylic acids is 1. The van der Waals surface area contributed by atoms with E-state index in [1.807, 2.05) is 37.3 Å². The van der Waals surface area contributed by atoms with Gasteiger partial charge in [0.1, 0.15) is 0 Å². The van der Waals surface area contributed by atoms with Crippen LogP contribution in [0, 0.1) is 0 Å². The molecule has 3 nitrogen and oxygen atoms in total. The van der Waals surface area contributed by atoms with Crippen molar-refractivity contribution in [1.82, 2.24) is 0 Å². The Balaban J connectivity index is 2.58. The number of nitrogens with one attached hydrogen (secondary N) is 1. The van der Waals surface area contributed by atoms with Crippen molar-refractivity contribution in [3.63, 3.8) is 0 Å². The maximum absolute atomic E-state index is 11.7. The quantitative estimate of drug-likeness (QED) is 0.504. The summed E-state index contributed by atoms with van der Waals surface area (Å²) in [7, 11) is -1.63. The molecule has 1 amide bonds. The van der Waals surface area contributed by atoms with Gasteiger partial charge in [-0.25, -0.2) is 0 Å². The number of allylic oxidation sites excluding steroid dienone is 1. The van der Waals surface area contributed by atoms with Crippen LogP contribution in [0.3, 0.4) is 0 Å². The Morgan fingerprint density at radius 3 is 2.35 bits per heavy atom. The largest absolute Gasteiger partial charge is 0.547 e. The Morgan fingerprint density at radius 2 is 1.82 bits per heavy atom. The highest BCUT2D eigenvalue weighted by atomic mass is 28.4. The van der Waals surface area contributed by atoms with Crippen LogP contribution in [0.5, 0.6) is 0 Å². The summed E-state index contributed by atoms with van der Waals surface area (Å²) in [6, 6.07) is 9.36. The van der Waals surface area contributed by atoms with Gasteiger partial charge in [-0.05, 0) is 38.7 Å². The van der Waals surface area contributed by atoms with E-state index in [4.69, 9.17) is 4.43 Å². The van der Waals surface area contributed by atoms with E-state index in [1.54, 1.807) is 0 Å². The first-order chi connectivity index (χ1) is 7.87. The third-order valence-corrected chi connectivity index (χ3v) is 2.78. The fourth-order valence-corrected chi connectivity index (χ4v) is 2.42. The summed E-state index contributed by atoms with van der Waals surface area (Å²) < 4.78 is 5.69. The van der Waals surface area contributed by atoms with Gasteiger partial charge in [-0.1, -0.05) is 18.2 Å². The molecule has 0 aliphatic heterocycles. The molecule has 1 N–H and O–H groups in total. The Morgan fingerprint density at radius 1 is 1.24 bits per heavy atom. The van der Waals surface area contributed by atoms with Gasteiger partial charge in [0.05, 0.1) is 5.76 Å². The lowest BCUT2D eigenvalue weighted by Gasteiger charge is -2.19. The zero-order valence-corrected chi connectivity index (χ0v) is 11.8. The minimum Gasteiger partial charge on any atom is -0.547 e. The first-order valence-electron chi connectivity index (χ1n) is 5.60. The zero-order chi connectivity index (χ0) is 12.9. The van der Waals surface area contributed by atoms with Crippen molar-refractivity contribution in [2.75, 3.05) is 5.32 Å². The molecule has 0 aliphatic carbocycles. The van der Waals surface area contributed by atoms with E-state index in [9.17, 15) is 4.79 Å². The van der Waals surface area contributed by atoms with Crippen molar-refractivity contribution >= 4 is 19.9 Å². The molecule has 0 bridgehead atoms. The fraction of sp³-hybridized carbons (Fsp3) is 0.308. The molecule has 0 fully saturated rings. The summed E-state index contributed by atoms with van der Waals surface area (Å²) >= 11 is 0. The van der Waals surface area contributed by atoms with Crippen LogP contribution in [-0.4, -0.2) is 14.2 Å². The van der Waals surface area contributed by atoms with Gasteiger partial charge < -0.3 is 9.74 Å². The van der Waals surface area contributed by atoms with E-state index >= 15 is 0 Å². The molecule has 0 unspecified atom stereocenters. The first-order valence-corrected chi connectivity index (χ1v) is 9.01. The minimum absolute atomic E-state index is 0.160. The lowest BCUT2D eigenvalue weighted by molar-refractivity contribution is -0.112. The van der Waals surface area contributed by atoms with E-state index in [1.165, 1.54) is 6.08 Å². The molecule has 1 rings (SSSR count). The second-order valence-electron chi connectivity index (χ2n) is 4.82. The van der Waals surface area contributed by atoms with E-state index in [0.717, 1.165) is 5.69 Å².